The Bertz CT molecular complexity index is 900. The van der Waals surface area contributed by atoms with Gasteiger partial charge in [-0.15, -0.1) is 11.8 Å². The third kappa shape index (κ3) is 5.67. The molecular weight excluding hydrogens is 393 g/mol. The van der Waals surface area contributed by atoms with Gasteiger partial charge in [-0.1, -0.05) is 19.1 Å². The van der Waals surface area contributed by atoms with Crippen LogP contribution in [0.4, 0.5) is 10.1 Å². The Kier molecular flexibility index (Phi) is 7.04. The molecule has 0 aliphatic carbocycles. The number of fused-ring (bicyclic) bond motifs is 1. The summed E-state index contributed by atoms with van der Waals surface area (Å²) in [5.41, 5.74) is 1.16. The number of hydrogen-bond donors (Lipinski definition) is 0. The zero-order chi connectivity index (χ0) is 20.8. The second-order valence-electron chi connectivity index (χ2n) is 6.82. The molecule has 0 fully saturated rings. The highest BCUT2D eigenvalue weighted by atomic mass is 32.2. The summed E-state index contributed by atoms with van der Waals surface area (Å²) in [5.74, 6) is -1.60. The third-order valence-electron chi connectivity index (χ3n) is 4.62. The average Bonchev–Trinajstić information content (AvgIpc) is 2.89. The minimum atomic E-state index is -0.611. The van der Waals surface area contributed by atoms with E-state index in [1.165, 1.54) is 24.3 Å². The highest BCUT2D eigenvalue weighted by Crippen LogP contribution is 2.37. The highest BCUT2D eigenvalue weighted by molar-refractivity contribution is 8.00. The molecule has 1 heterocycles. The molecule has 0 N–H and O–H groups in total. The van der Waals surface area contributed by atoms with Crippen LogP contribution in [0.2, 0.25) is 0 Å². The molecule has 0 saturated heterocycles. The average molecular weight is 415 g/mol. The molecule has 0 saturated carbocycles. The zero-order valence-electron chi connectivity index (χ0n) is 16.1. The Balaban J connectivity index is 1.52. The maximum absolute atomic E-state index is 12.9. The monoisotopic (exact) mass is 415 g/mol. The molecule has 0 bridgehead atoms. The fourth-order valence-corrected chi connectivity index (χ4v) is 4.15. The summed E-state index contributed by atoms with van der Waals surface area (Å²) in [6.07, 6.45) is 0.650. The zero-order valence-corrected chi connectivity index (χ0v) is 16.9. The molecule has 152 valence electrons. The van der Waals surface area contributed by atoms with Crippen molar-refractivity contribution in [1.82, 2.24) is 0 Å². The summed E-state index contributed by atoms with van der Waals surface area (Å²) in [5, 5.41) is 0.383. The highest BCUT2D eigenvalue weighted by Gasteiger charge is 2.24. The number of nitrogens with zero attached hydrogens (tertiary/aromatic N) is 1. The number of carbonyl (C=O) groups is 3. The quantitative estimate of drug-likeness (QED) is 0.521. The SMILES string of the molecule is C[C@@H]1CCN(C(=O)COC(=O)CCC(=O)c2ccc(F)cc2)c2ccccc2S1. The lowest BCUT2D eigenvalue weighted by Gasteiger charge is -2.22. The van der Waals surface area contributed by atoms with Crippen LogP contribution in [0.25, 0.3) is 0 Å². The number of benzene rings is 2. The molecule has 1 aliphatic heterocycles. The lowest BCUT2D eigenvalue weighted by Crippen LogP contribution is -2.35. The summed E-state index contributed by atoms with van der Waals surface area (Å²) in [7, 11) is 0. The van der Waals surface area contributed by atoms with E-state index in [-0.39, 0.29) is 31.1 Å². The molecule has 5 nitrogen and oxygen atoms in total. The van der Waals surface area contributed by atoms with Crippen molar-refractivity contribution in [3.05, 3.63) is 59.9 Å². The predicted molar refractivity (Wildman–Crippen MR) is 110 cm³/mol. The third-order valence-corrected chi connectivity index (χ3v) is 5.86. The van der Waals surface area contributed by atoms with Gasteiger partial charge in [-0.2, -0.15) is 0 Å². The van der Waals surface area contributed by atoms with Crippen LogP contribution in [0.3, 0.4) is 0 Å². The standard InChI is InChI=1S/C22H22FNO4S/c1-15-12-13-24(18-4-2-3-5-20(18)29-15)21(26)14-28-22(27)11-10-19(25)16-6-8-17(23)9-7-16/h2-9,15H,10-14H2,1H3/t15-/m1/s1. The minimum absolute atomic E-state index is 0.0562. The van der Waals surface area contributed by atoms with Crippen LogP contribution in [0.15, 0.2) is 53.4 Å². The van der Waals surface area contributed by atoms with Gasteiger partial charge in [-0.05, 0) is 42.8 Å². The molecule has 0 aromatic heterocycles. The van der Waals surface area contributed by atoms with Crippen LogP contribution >= 0.6 is 11.8 Å². The first-order valence-corrected chi connectivity index (χ1v) is 10.3. The van der Waals surface area contributed by atoms with Crippen molar-refractivity contribution in [2.45, 2.75) is 36.3 Å². The molecule has 1 aliphatic rings. The van der Waals surface area contributed by atoms with Gasteiger partial charge in [0.1, 0.15) is 5.82 Å². The number of anilines is 1. The molecule has 29 heavy (non-hydrogen) atoms. The summed E-state index contributed by atoms with van der Waals surface area (Å²) in [6.45, 7) is 2.31. The van der Waals surface area contributed by atoms with Crippen molar-refractivity contribution in [2.24, 2.45) is 0 Å². The number of ether oxygens (including phenoxy) is 1. The summed E-state index contributed by atoms with van der Waals surface area (Å²) < 4.78 is 18.0. The van der Waals surface area contributed by atoms with E-state index in [4.69, 9.17) is 4.74 Å². The fraction of sp³-hybridized carbons (Fsp3) is 0.318. The van der Waals surface area contributed by atoms with E-state index in [0.717, 1.165) is 17.0 Å². The molecule has 0 spiro atoms. The first kappa shape index (κ1) is 21.0. The molecule has 2 aromatic rings. The van der Waals surface area contributed by atoms with Crippen LogP contribution in [-0.2, 0) is 14.3 Å². The van der Waals surface area contributed by atoms with E-state index in [0.29, 0.717) is 17.4 Å². The largest absolute Gasteiger partial charge is 0.456 e. The van der Waals surface area contributed by atoms with Crippen molar-refractivity contribution in [3.63, 3.8) is 0 Å². The van der Waals surface area contributed by atoms with E-state index in [2.05, 4.69) is 6.92 Å². The number of carbonyl (C=O) groups excluding carboxylic acids is 3. The maximum Gasteiger partial charge on any atom is 0.306 e. The van der Waals surface area contributed by atoms with Crippen molar-refractivity contribution in [1.29, 1.82) is 0 Å². The Morgan fingerprint density at radius 2 is 1.83 bits per heavy atom. The molecule has 1 atom stereocenters. The number of Topliss-reactive ketones (excluding diaryl/α,β-unsaturated/α-hetero) is 1. The second kappa shape index (κ2) is 9.69. The number of halogens is 1. The first-order valence-electron chi connectivity index (χ1n) is 9.44. The first-order chi connectivity index (χ1) is 13.9. The number of hydrogen-bond acceptors (Lipinski definition) is 5. The van der Waals surface area contributed by atoms with Gasteiger partial charge in [-0.25, -0.2) is 4.39 Å². The van der Waals surface area contributed by atoms with Crippen molar-refractivity contribution < 1.29 is 23.5 Å². The topological polar surface area (TPSA) is 63.7 Å². The van der Waals surface area contributed by atoms with Crippen molar-refractivity contribution >= 4 is 35.1 Å². The van der Waals surface area contributed by atoms with Crippen LogP contribution < -0.4 is 4.90 Å². The smallest absolute Gasteiger partial charge is 0.306 e. The fourth-order valence-electron chi connectivity index (χ4n) is 3.03. The van der Waals surface area contributed by atoms with Crippen molar-refractivity contribution in [2.75, 3.05) is 18.1 Å². The summed E-state index contributed by atoms with van der Waals surface area (Å²) in [4.78, 5) is 39.4. The van der Waals surface area contributed by atoms with Gasteiger partial charge in [0.15, 0.2) is 12.4 Å². The Hall–Kier alpha value is -2.67. The molecule has 1 amide bonds. The van der Waals surface area contributed by atoms with Gasteiger partial charge in [-0.3, -0.25) is 14.4 Å². The molecule has 7 heteroatoms. The number of para-hydroxylation sites is 1. The van der Waals surface area contributed by atoms with Gasteiger partial charge in [0.2, 0.25) is 0 Å². The Labute approximate surface area is 173 Å². The molecule has 0 radical (unpaired) electrons. The van der Waals surface area contributed by atoms with Gasteiger partial charge in [0.05, 0.1) is 12.1 Å². The maximum atomic E-state index is 12.9. The van der Waals surface area contributed by atoms with Crippen LogP contribution in [-0.4, -0.2) is 36.1 Å². The second-order valence-corrected chi connectivity index (χ2v) is 8.30. The van der Waals surface area contributed by atoms with Gasteiger partial charge < -0.3 is 9.64 Å². The van der Waals surface area contributed by atoms with Crippen molar-refractivity contribution in [3.8, 4) is 0 Å². The van der Waals surface area contributed by atoms with Gasteiger partial charge >= 0.3 is 5.97 Å². The predicted octanol–water partition coefficient (Wildman–Crippen LogP) is 4.25. The lowest BCUT2D eigenvalue weighted by atomic mass is 10.1. The molecular formula is C22H22FNO4S. The van der Waals surface area contributed by atoms with E-state index < -0.39 is 11.8 Å². The normalized spacial score (nSPS) is 15.9. The number of esters is 1. The van der Waals surface area contributed by atoms with E-state index in [9.17, 15) is 18.8 Å². The number of amides is 1. The van der Waals surface area contributed by atoms with Crippen LogP contribution in [0.5, 0.6) is 0 Å². The summed E-state index contributed by atoms with van der Waals surface area (Å²) in [6, 6.07) is 12.8. The van der Waals surface area contributed by atoms with E-state index in [1.807, 2.05) is 24.3 Å². The minimum Gasteiger partial charge on any atom is -0.456 e. The Morgan fingerprint density at radius 1 is 1.10 bits per heavy atom. The van der Waals surface area contributed by atoms with E-state index >= 15 is 0 Å². The van der Waals surface area contributed by atoms with Crippen LogP contribution in [0, 0.1) is 5.82 Å². The number of thioether (sulfide) groups is 1. The molecule has 2 aromatic carbocycles. The summed E-state index contributed by atoms with van der Waals surface area (Å²) >= 11 is 1.73. The Morgan fingerprint density at radius 3 is 2.59 bits per heavy atom. The molecule has 3 rings (SSSR count). The number of ketones is 1. The van der Waals surface area contributed by atoms with E-state index in [1.54, 1.807) is 16.7 Å². The van der Waals surface area contributed by atoms with Crippen LogP contribution in [0.1, 0.15) is 36.5 Å². The van der Waals surface area contributed by atoms with Gasteiger partial charge in [0.25, 0.3) is 5.91 Å². The lowest BCUT2D eigenvalue weighted by molar-refractivity contribution is -0.147. The molecule has 0 unspecified atom stereocenters. The number of rotatable bonds is 6. The van der Waals surface area contributed by atoms with Gasteiger partial charge in [0, 0.05) is 28.7 Å².